The lowest BCUT2D eigenvalue weighted by atomic mass is 9.86. The number of methoxy groups -OCH3 is 5. The van der Waals surface area contributed by atoms with E-state index in [1.807, 2.05) is 0 Å². The summed E-state index contributed by atoms with van der Waals surface area (Å²) in [6, 6.07) is 6.41. The minimum atomic E-state index is -0.861. The lowest BCUT2D eigenvalue weighted by Crippen LogP contribution is -2.67. The molecule has 224 valence electrons. The van der Waals surface area contributed by atoms with Gasteiger partial charge in [0.2, 0.25) is 11.7 Å². The Morgan fingerprint density at radius 3 is 1.93 bits per heavy atom. The Bertz CT molecular complexity index is 1410. The van der Waals surface area contributed by atoms with Crippen molar-refractivity contribution in [3.05, 3.63) is 47.8 Å². The number of benzene rings is 2. The van der Waals surface area contributed by atoms with Crippen molar-refractivity contribution in [3.8, 4) is 28.7 Å². The Morgan fingerprint density at radius 1 is 0.786 bits per heavy atom. The van der Waals surface area contributed by atoms with Crippen LogP contribution in [0.1, 0.15) is 37.0 Å². The summed E-state index contributed by atoms with van der Waals surface area (Å²) in [6.07, 6.45) is 3.14. The summed E-state index contributed by atoms with van der Waals surface area (Å²) in [6.45, 7) is -0.194. The first kappa shape index (κ1) is 30.2. The number of carbonyl (C=O) groups is 4. The van der Waals surface area contributed by atoms with E-state index in [-0.39, 0.29) is 42.7 Å². The third-order valence-corrected chi connectivity index (χ3v) is 7.62. The van der Waals surface area contributed by atoms with Gasteiger partial charge in [0.1, 0.15) is 24.1 Å². The molecule has 0 saturated carbocycles. The molecule has 3 aliphatic heterocycles. The second-order valence-corrected chi connectivity index (χ2v) is 9.73. The molecule has 3 amide bonds. The van der Waals surface area contributed by atoms with Gasteiger partial charge < -0.3 is 33.5 Å². The Balaban J connectivity index is 0.00000405. The normalized spacial score (nSPS) is 19.3. The molecular formula is C30H35N3O9. The molecule has 2 aromatic carbocycles. The van der Waals surface area contributed by atoms with E-state index >= 15 is 0 Å². The van der Waals surface area contributed by atoms with Gasteiger partial charge in [0.05, 0.1) is 53.0 Å². The largest absolute Gasteiger partial charge is 0.497 e. The van der Waals surface area contributed by atoms with Crippen LogP contribution in [0.4, 0.5) is 5.69 Å². The van der Waals surface area contributed by atoms with E-state index in [1.54, 1.807) is 24.4 Å². The monoisotopic (exact) mass is 581 g/mol. The molecule has 5 rings (SSSR count). The zero-order chi connectivity index (χ0) is 29.4. The Labute approximate surface area is 244 Å². The fourth-order valence-electron chi connectivity index (χ4n) is 5.65. The van der Waals surface area contributed by atoms with E-state index in [4.69, 9.17) is 23.7 Å². The molecule has 2 unspecified atom stereocenters. The maximum absolute atomic E-state index is 13.8. The number of rotatable bonds is 8. The van der Waals surface area contributed by atoms with Crippen molar-refractivity contribution in [2.24, 2.45) is 0 Å². The van der Waals surface area contributed by atoms with Crippen molar-refractivity contribution in [1.82, 2.24) is 9.80 Å². The van der Waals surface area contributed by atoms with Gasteiger partial charge in [0.15, 0.2) is 11.5 Å². The maximum Gasteiger partial charge on any atom is 0.296 e. The molecule has 2 bridgehead atoms. The zero-order valence-corrected chi connectivity index (χ0v) is 23.5. The molecule has 0 aromatic heterocycles. The fourth-order valence-corrected chi connectivity index (χ4v) is 5.65. The highest BCUT2D eigenvalue weighted by atomic mass is 16.5. The van der Waals surface area contributed by atoms with E-state index in [1.165, 1.54) is 62.4 Å². The molecule has 2 fully saturated rings. The van der Waals surface area contributed by atoms with Gasteiger partial charge in [-0.05, 0) is 31.4 Å². The molecule has 3 heterocycles. The SMILES string of the molecule is C.COc1cc(OC)cc(N2C=C3C4CCCC(C(=O)N3CC2=O)N4C(=O)C(=O)c2cc(OC)c(OC)c(OC)c2)c1. The van der Waals surface area contributed by atoms with Gasteiger partial charge >= 0.3 is 0 Å². The minimum absolute atomic E-state index is 0. The van der Waals surface area contributed by atoms with Crippen molar-refractivity contribution >= 4 is 29.2 Å². The number of nitrogens with zero attached hydrogens (tertiary/aromatic N) is 3. The highest BCUT2D eigenvalue weighted by Crippen LogP contribution is 2.41. The van der Waals surface area contributed by atoms with Crippen LogP contribution in [-0.4, -0.2) is 87.5 Å². The predicted molar refractivity (Wildman–Crippen MR) is 152 cm³/mol. The van der Waals surface area contributed by atoms with Crippen LogP contribution in [0.5, 0.6) is 28.7 Å². The Morgan fingerprint density at radius 2 is 1.38 bits per heavy atom. The molecule has 2 aromatic rings. The molecule has 0 N–H and O–H groups in total. The number of hydrogen-bond donors (Lipinski definition) is 0. The molecule has 12 nitrogen and oxygen atoms in total. The molecule has 0 spiro atoms. The van der Waals surface area contributed by atoms with Crippen molar-refractivity contribution in [2.45, 2.75) is 38.8 Å². The quantitative estimate of drug-likeness (QED) is 0.342. The highest BCUT2D eigenvalue weighted by Gasteiger charge is 2.51. The second-order valence-electron chi connectivity index (χ2n) is 9.73. The Kier molecular flexibility index (Phi) is 8.64. The van der Waals surface area contributed by atoms with Gasteiger partial charge in [-0.2, -0.15) is 0 Å². The summed E-state index contributed by atoms with van der Waals surface area (Å²) >= 11 is 0. The topological polar surface area (TPSA) is 124 Å². The number of ketones is 1. The van der Waals surface area contributed by atoms with Crippen LogP contribution < -0.4 is 28.6 Å². The molecule has 2 saturated heterocycles. The minimum Gasteiger partial charge on any atom is -0.497 e. The first-order chi connectivity index (χ1) is 19.8. The van der Waals surface area contributed by atoms with Crippen molar-refractivity contribution in [1.29, 1.82) is 0 Å². The molecular weight excluding hydrogens is 546 g/mol. The number of piperidine rings is 1. The number of ether oxygens (including phenoxy) is 5. The van der Waals surface area contributed by atoms with Crippen molar-refractivity contribution in [3.63, 3.8) is 0 Å². The first-order valence-corrected chi connectivity index (χ1v) is 13.0. The summed E-state index contributed by atoms with van der Waals surface area (Å²) in [4.78, 5) is 58.5. The average Bonchev–Trinajstić information content (AvgIpc) is 3.01. The molecule has 12 heteroatoms. The van der Waals surface area contributed by atoms with Gasteiger partial charge in [-0.25, -0.2) is 0 Å². The number of fused-ring (bicyclic) bond motifs is 4. The number of piperazine rings is 1. The summed E-state index contributed by atoms with van der Waals surface area (Å²) in [5.74, 6) is -0.664. The van der Waals surface area contributed by atoms with E-state index in [2.05, 4.69) is 0 Å². The third-order valence-electron chi connectivity index (χ3n) is 7.62. The van der Waals surface area contributed by atoms with E-state index in [9.17, 15) is 19.2 Å². The van der Waals surface area contributed by atoms with Gasteiger partial charge in [0, 0.05) is 30.0 Å². The van der Waals surface area contributed by atoms with Crippen LogP contribution in [0.2, 0.25) is 0 Å². The van der Waals surface area contributed by atoms with Gasteiger partial charge in [0.25, 0.3) is 17.6 Å². The van der Waals surface area contributed by atoms with Crippen molar-refractivity contribution < 1.29 is 42.9 Å². The van der Waals surface area contributed by atoms with Crippen LogP contribution in [-0.2, 0) is 14.4 Å². The zero-order valence-electron chi connectivity index (χ0n) is 23.5. The summed E-state index contributed by atoms with van der Waals surface area (Å²) in [7, 11) is 7.28. The van der Waals surface area contributed by atoms with Crippen LogP contribution >= 0.6 is 0 Å². The van der Waals surface area contributed by atoms with E-state index in [0.29, 0.717) is 42.1 Å². The number of carbonyl (C=O) groups excluding carboxylic acids is 4. The van der Waals surface area contributed by atoms with E-state index < -0.39 is 29.7 Å². The second kappa shape index (κ2) is 12.0. The maximum atomic E-state index is 13.8. The lowest BCUT2D eigenvalue weighted by Gasteiger charge is -2.51. The number of anilines is 1. The fraction of sp³-hybridized carbons (Fsp3) is 0.400. The van der Waals surface area contributed by atoms with Crippen LogP contribution in [0.15, 0.2) is 42.2 Å². The smallest absolute Gasteiger partial charge is 0.296 e. The predicted octanol–water partition coefficient (Wildman–Crippen LogP) is 3.03. The Hall–Kier alpha value is -4.74. The average molecular weight is 582 g/mol. The molecule has 2 atom stereocenters. The van der Waals surface area contributed by atoms with Gasteiger partial charge in [-0.1, -0.05) is 7.43 Å². The summed E-state index contributed by atoms with van der Waals surface area (Å²) in [5.41, 5.74) is 0.990. The number of hydrogen-bond acceptors (Lipinski definition) is 9. The highest BCUT2D eigenvalue weighted by molar-refractivity contribution is 6.43. The molecule has 42 heavy (non-hydrogen) atoms. The summed E-state index contributed by atoms with van der Waals surface area (Å²) < 4.78 is 26.7. The van der Waals surface area contributed by atoms with Crippen LogP contribution in [0.25, 0.3) is 0 Å². The molecule has 0 aliphatic carbocycles. The van der Waals surface area contributed by atoms with Gasteiger partial charge in [-0.3, -0.25) is 24.1 Å². The molecule has 0 radical (unpaired) electrons. The standard InChI is InChI=1S/C29H31N3O9.CH4/c1-37-18-11-17(12-19(13-18)38-2)30-14-22-20-7-6-8-21(28(35)31(22)15-25(30)33)32(20)29(36)26(34)16-9-23(39-3)27(41-5)24(10-16)40-4;/h9-14,20-21H,6-8,15H2,1-5H3;1H4. The van der Waals surface area contributed by atoms with Gasteiger partial charge in [-0.15, -0.1) is 0 Å². The van der Waals surface area contributed by atoms with Crippen LogP contribution in [0.3, 0.4) is 0 Å². The first-order valence-electron chi connectivity index (χ1n) is 13.0. The third kappa shape index (κ3) is 4.97. The lowest BCUT2D eigenvalue weighted by molar-refractivity contribution is -0.154. The van der Waals surface area contributed by atoms with Crippen molar-refractivity contribution in [2.75, 3.05) is 47.0 Å². The van der Waals surface area contributed by atoms with E-state index in [0.717, 1.165) is 0 Å². The van der Waals surface area contributed by atoms with Crippen LogP contribution in [0, 0.1) is 0 Å². The number of Topliss-reactive ketones (excluding diaryl/α,β-unsaturated/α-hetero) is 1. The molecule has 3 aliphatic rings. The summed E-state index contributed by atoms with van der Waals surface area (Å²) in [5, 5.41) is 0. The number of amides is 3.